The number of ether oxygens (including phenoxy) is 1. The Hall–Kier alpha value is -1.46. The molecule has 0 aliphatic rings. The predicted molar refractivity (Wildman–Crippen MR) is 80.4 cm³/mol. The molecule has 1 aromatic carbocycles. The Morgan fingerprint density at radius 2 is 2.00 bits per heavy atom. The molecule has 0 amide bonds. The van der Waals surface area contributed by atoms with Crippen LogP contribution in [-0.4, -0.2) is 21.8 Å². The fraction of sp³-hybridized carbons (Fsp3) is 0.467. The van der Waals surface area contributed by atoms with E-state index in [0.717, 1.165) is 27.4 Å². The van der Waals surface area contributed by atoms with E-state index >= 15 is 0 Å². The van der Waals surface area contributed by atoms with Crippen molar-refractivity contribution in [2.45, 2.75) is 39.2 Å². The van der Waals surface area contributed by atoms with Gasteiger partial charge in [-0.25, -0.2) is 0 Å². The lowest BCUT2D eigenvalue weighted by molar-refractivity contribution is 0.220. The van der Waals surface area contributed by atoms with E-state index in [1.165, 1.54) is 11.5 Å². The van der Waals surface area contributed by atoms with Crippen molar-refractivity contribution in [3.8, 4) is 5.75 Å². The van der Waals surface area contributed by atoms with Crippen molar-refractivity contribution >= 4 is 11.5 Å². The Balaban J connectivity index is 2.42. The zero-order valence-corrected chi connectivity index (χ0v) is 13.3. The smallest absolute Gasteiger partial charge is 0.119 e. The van der Waals surface area contributed by atoms with Crippen molar-refractivity contribution in [3.05, 3.63) is 39.9 Å². The van der Waals surface area contributed by atoms with Crippen LogP contribution in [0.25, 0.3) is 0 Å². The number of aliphatic hydroxyl groups is 1. The van der Waals surface area contributed by atoms with Gasteiger partial charge in [-0.05, 0) is 41.7 Å². The molecule has 2 aromatic rings. The summed E-state index contributed by atoms with van der Waals surface area (Å²) in [4.78, 5) is 0.811. The van der Waals surface area contributed by atoms with E-state index < -0.39 is 6.10 Å². The van der Waals surface area contributed by atoms with Crippen molar-refractivity contribution in [1.29, 1.82) is 0 Å². The number of rotatable bonds is 3. The van der Waals surface area contributed by atoms with Gasteiger partial charge in [0.15, 0.2) is 0 Å². The Morgan fingerprint density at radius 3 is 2.55 bits per heavy atom. The molecule has 20 heavy (non-hydrogen) atoms. The molecular weight excluding hydrogens is 272 g/mol. The summed E-state index contributed by atoms with van der Waals surface area (Å²) >= 11 is 1.26. The number of benzene rings is 1. The van der Waals surface area contributed by atoms with Crippen molar-refractivity contribution < 1.29 is 9.84 Å². The predicted octanol–water partition coefficient (Wildman–Crippen LogP) is 3.23. The number of hydrogen-bond donors (Lipinski definition) is 1. The molecule has 1 atom stereocenters. The number of methoxy groups -OCH3 is 1. The van der Waals surface area contributed by atoms with Gasteiger partial charge in [0.05, 0.1) is 17.7 Å². The highest BCUT2D eigenvalue weighted by molar-refractivity contribution is 7.05. The van der Waals surface area contributed by atoms with Crippen molar-refractivity contribution in [1.82, 2.24) is 9.59 Å². The lowest BCUT2D eigenvalue weighted by Crippen LogP contribution is -2.16. The van der Waals surface area contributed by atoms with E-state index in [-0.39, 0.29) is 5.41 Å². The number of aryl methyl sites for hydroxylation is 1. The van der Waals surface area contributed by atoms with Gasteiger partial charge in [0, 0.05) is 5.41 Å². The third-order valence-electron chi connectivity index (χ3n) is 3.24. The SMILES string of the molecule is COc1ccc(C(O)c2snnc2C(C)(C)C)c(C)c1. The van der Waals surface area contributed by atoms with Crippen LogP contribution < -0.4 is 4.74 Å². The van der Waals surface area contributed by atoms with E-state index in [1.54, 1.807) is 7.11 Å². The van der Waals surface area contributed by atoms with Crippen LogP contribution in [0.1, 0.15) is 48.6 Å². The standard InChI is InChI=1S/C15H20N2O2S/c1-9-8-10(19-5)6-7-11(9)12(18)13-14(15(2,3)4)16-17-20-13/h6-8,12,18H,1-5H3. The summed E-state index contributed by atoms with van der Waals surface area (Å²) in [5, 5.41) is 14.8. The van der Waals surface area contributed by atoms with Crippen LogP contribution in [0.3, 0.4) is 0 Å². The maximum absolute atomic E-state index is 10.7. The number of aromatic nitrogens is 2. The fourth-order valence-electron chi connectivity index (χ4n) is 2.12. The molecule has 0 aliphatic carbocycles. The van der Waals surface area contributed by atoms with Crippen LogP contribution in [0.5, 0.6) is 5.75 Å². The molecule has 0 spiro atoms. The first-order valence-corrected chi connectivity index (χ1v) is 7.27. The normalized spacial score (nSPS) is 13.3. The Bertz CT molecular complexity index is 602. The first-order chi connectivity index (χ1) is 9.34. The molecule has 0 saturated heterocycles. The quantitative estimate of drug-likeness (QED) is 0.943. The van der Waals surface area contributed by atoms with Gasteiger partial charge in [-0.3, -0.25) is 0 Å². The second kappa shape index (κ2) is 5.50. The van der Waals surface area contributed by atoms with Crippen LogP contribution in [0.15, 0.2) is 18.2 Å². The minimum absolute atomic E-state index is 0.135. The maximum atomic E-state index is 10.7. The summed E-state index contributed by atoms with van der Waals surface area (Å²) in [6, 6.07) is 5.67. The van der Waals surface area contributed by atoms with Gasteiger partial charge in [-0.1, -0.05) is 31.3 Å². The number of nitrogens with zero attached hydrogens (tertiary/aromatic N) is 2. The van der Waals surface area contributed by atoms with Crippen LogP contribution in [0.4, 0.5) is 0 Å². The molecule has 5 heteroatoms. The monoisotopic (exact) mass is 292 g/mol. The molecule has 1 unspecified atom stereocenters. The van der Waals surface area contributed by atoms with Gasteiger partial charge in [-0.2, -0.15) is 0 Å². The fourth-order valence-corrected chi connectivity index (χ4v) is 2.99. The summed E-state index contributed by atoms with van der Waals surface area (Å²) in [5.74, 6) is 0.789. The van der Waals surface area contributed by atoms with Crippen molar-refractivity contribution in [2.24, 2.45) is 0 Å². The van der Waals surface area contributed by atoms with E-state index in [9.17, 15) is 5.11 Å². The Morgan fingerprint density at radius 1 is 1.30 bits per heavy atom. The second-order valence-corrected chi connectivity index (χ2v) is 6.65. The third kappa shape index (κ3) is 2.83. The molecule has 0 radical (unpaired) electrons. The molecule has 108 valence electrons. The van der Waals surface area contributed by atoms with Crippen molar-refractivity contribution in [2.75, 3.05) is 7.11 Å². The van der Waals surface area contributed by atoms with E-state index in [4.69, 9.17) is 4.74 Å². The lowest BCUT2D eigenvalue weighted by Gasteiger charge is -2.20. The zero-order valence-electron chi connectivity index (χ0n) is 12.5. The highest BCUT2D eigenvalue weighted by Gasteiger charge is 2.27. The van der Waals surface area contributed by atoms with Gasteiger partial charge in [0.25, 0.3) is 0 Å². The minimum atomic E-state index is -0.699. The summed E-state index contributed by atoms with van der Waals surface area (Å²) in [6.45, 7) is 8.18. The highest BCUT2D eigenvalue weighted by atomic mass is 32.1. The molecule has 4 nitrogen and oxygen atoms in total. The zero-order chi connectivity index (χ0) is 14.9. The second-order valence-electron chi connectivity index (χ2n) is 5.86. The van der Waals surface area contributed by atoms with Crippen molar-refractivity contribution in [3.63, 3.8) is 0 Å². The summed E-state index contributed by atoms with van der Waals surface area (Å²) < 4.78 is 9.20. The van der Waals surface area contributed by atoms with E-state index in [2.05, 4.69) is 30.4 Å². The molecule has 1 heterocycles. The van der Waals surface area contributed by atoms with Crippen LogP contribution in [0.2, 0.25) is 0 Å². The Labute approximate surface area is 123 Å². The topological polar surface area (TPSA) is 55.2 Å². The van der Waals surface area contributed by atoms with Crippen LogP contribution in [-0.2, 0) is 5.41 Å². The van der Waals surface area contributed by atoms with Gasteiger partial charge >= 0.3 is 0 Å². The first-order valence-electron chi connectivity index (χ1n) is 6.50. The van der Waals surface area contributed by atoms with E-state index in [0.29, 0.717) is 0 Å². The molecule has 1 aromatic heterocycles. The first kappa shape index (κ1) is 14.9. The number of hydrogen-bond acceptors (Lipinski definition) is 5. The van der Waals surface area contributed by atoms with E-state index in [1.807, 2.05) is 25.1 Å². The van der Waals surface area contributed by atoms with Gasteiger partial charge < -0.3 is 9.84 Å². The number of aliphatic hydroxyl groups excluding tert-OH is 1. The highest BCUT2D eigenvalue weighted by Crippen LogP contribution is 2.35. The summed E-state index contributed by atoms with van der Waals surface area (Å²) in [6.07, 6.45) is -0.699. The van der Waals surface area contributed by atoms with Gasteiger partial charge in [0.2, 0.25) is 0 Å². The molecule has 1 N–H and O–H groups in total. The summed E-state index contributed by atoms with van der Waals surface area (Å²) in [5.41, 5.74) is 2.57. The third-order valence-corrected chi connectivity index (χ3v) is 4.02. The van der Waals surface area contributed by atoms with Crippen LogP contribution in [0, 0.1) is 6.92 Å². The summed E-state index contributed by atoms with van der Waals surface area (Å²) in [7, 11) is 1.63. The van der Waals surface area contributed by atoms with Gasteiger partial charge in [0.1, 0.15) is 11.9 Å². The molecule has 0 fully saturated rings. The van der Waals surface area contributed by atoms with Crippen LogP contribution >= 0.6 is 11.5 Å². The molecule has 0 bridgehead atoms. The lowest BCUT2D eigenvalue weighted by atomic mass is 9.89. The molecule has 0 aliphatic heterocycles. The Kier molecular flexibility index (Phi) is 4.11. The minimum Gasteiger partial charge on any atom is -0.497 e. The molecular formula is C15H20N2O2S. The average molecular weight is 292 g/mol. The average Bonchev–Trinajstić information content (AvgIpc) is 2.86. The largest absolute Gasteiger partial charge is 0.497 e. The molecule has 2 rings (SSSR count). The maximum Gasteiger partial charge on any atom is 0.119 e. The van der Waals surface area contributed by atoms with Gasteiger partial charge in [-0.15, -0.1) is 5.10 Å². The molecule has 0 saturated carbocycles.